The van der Waals surface area contributed by atoms with E-state index in [9.17, 15) is 4.79 Å². The molecule has 22 heavy (non-hydrogen) atoms. The zero-order valence-electron chi connectivity index (χ0n) is 12.7. The SMILES string of the molecule is COc1ccc2c(c1)C=CC1(CCN(CCC(=O)O)CC1)O2. The minimum absolute atomic E-state index is 0.201. The van der Waals surface area contributed by atoms with E-state index in [1.807, 2.05) is 18.2 Å². The summed E-state index contributed by atoms with van der Waals surface area (Å²) in [5.74, 6) is 0.977. The lowest BCUT2D eigenvalue weighted by atomic mass is 9.88. The van der Waals surface area contributed by atoms with Crippen LogP contribution in [-0.2, 0) is 4.79 Å². The zero-order chi connectivity index (χ0) is 15.6. The van der Waals surface area contributed by atoms with Crippen molar-refractivity contribution < 1.29 is 19.4 Å². The van der Waals surface area contributed by atoms with E-state index in [0.717, 1.165) is 43.0 Å². The van der Waals surface area contributed by atoms with Crippen LogP contribution < -0.4 is 9.47 Å². The number of piperidine rings is 1. The predicted octanol–water partition coefficient (Wildman–Crippen LogP) is 2.41. The number of likely N-dealkylation sites (tertiary alicyclic amines) is 1. The summed E-state index contributed by atoms with van der Waals surface area (Å²) < 4.78 is 11.5. The fourth-order valence-electron chi connectivity index (χ4n) is 3.05. The number of carbonyl (C=O) groups is 1. The maximum Gasteiger partial charge on any atom is 0.304 e. The Kier molecular flexibility index (Phi) is 4.07. The van der Waals surface area contributed by atoms with E-state index in [1.54, 1.807) is 7.11 Å². The number of carboxylic acids is 1. The Balaban J connectivity index is 1.64. The second-order valence-corrected chi connectivity index (χ2v) is 5.89. The van der Waals surface area contributed by atoms with E-state index in [0.29, 0.717) is 6.54 Å². The molecule has 0 aromatic heterocycles. The summed E-state index contributed by atoms with van der Waals surface area (Å²) in [6, 6.07) is 5.84. The highest BCUT2D eigenvalue weighted by Crippen LogP contribution is 2.38. The standard InChI is InChI=1S/C17H21NO4/c1-21-14-2-3-15-13(12-14)4-6-17(22-15)7-10-18(11-8-17)9-5-16(19)20/h2-4,6,12H,5,7-11H2,1H3,(H,19,20). The van der Waals surface area contributed by atoms with Gasteiger partial charge in [0.15, 0.2) is 0 Å². The third-order valence-electron chi connectivity index (χ3n) is 4.44. The van der Waals surface area contributed by atoms with Crippen LogP contribution in [0.5, 0.6) is 11.5 Å². The highest BCUT2D eigenvalue weighted by molar-refractivity contribution is 5.66. The first-order chi connectivity index (χ1) is 10.6. The summed E-state index contributed by atoms with van der Waals surface area (Å²) in [6.45, 7) is 2.34. The van der Waals surface area contributed by atoms with Crippen molar-refractivity contribution in [1.29, 1.82) is 0 Å². The van der Waals surface area contributed by atoms with Crippen LogP contribution in [0.1, 0.15) is 24.8 Å². The lowest BCUT2D eigenvalue weighted by molar-refractivity contribution is -0.137. The molecule has 3 rings (SSSR count). The molecular weight excluding hydrogens is 282 g/mol. The largest absolute Gasteiger partial charge is 0.497 e. The molecule has 1 aromatic rings. The number of methoxy groups -OCH3 is 1. The van der Waals surface area contributed by atoms with Gasteiger partial charge in [0, 0.05) is 38.0 Å². The number of fused-ring (bicyclic) bond motifs is 1. The highest BCUT2D eigenvalue weighted by atomic mass is 16.5. The Bertz CT molecular complexity index is 588. The van der Waals surface area contributed by atoms with Crippen LogP contribution in [0.2, 0.25) is 0 Å². The normalized spacial score (nSPS) is 19.5. The van der Waals surface area contributed by atoms with Gasteiger partial charge in [-0.2, -0.15) is 0 Å². The smallest absolute Gasteiger partial charge is 0.304 e. The number of aliphatic carboxylic acids is 1. The van der Waals surface area contributed by atoms with Gasteiger partial charge in [-0.15, -0.1) is 0 Å². The molecule has 2 aliphatic heterocycles. The molecule has 0 unspecified atom stereocenters. The van der Waals surface area contributed by atoms with Gasteiger partial charge < -0.3 is 19.5 Å². The lowest BCUT2D eigenvalue weighted by Crippen LogP contribution is -2.48. The molecule has 118 valence electrons. The van der Waals surface area contributed by atoms with Gasteiger partial charge in [0.25, 0.3) is 0 Å². The van der Waals surface area contributed by atoms with E-state index in [4.69, 9.17) is 14.6 Å². The number of benzene rings is 1. The van der Waals surface area contributed by atoms with Crippen molar-refractivity contribution in [3.8, 4) is 11.5 Å². The Hall–Kier alpha value is -2.01. The van der Waals surface area contributed by atoms with Crippen molar-refractivity contribution in [3.05, 3.63) is 29.8 Å². The topological polar surface area (TPSA) is 59.0 Å². The number of hydrogen-bond donors (Lipinski definition) is 1. The molecule has 2 aliphatic rings. The van der Waals surface area contributed by atoms with Gasteiger partial charge in [0.2, 0.25) is 0 Å². The first-order valence-corrected chi connectivity index (χ1v) is 7.61. The third-order valence-corrected chi connectivity index (χ3v) is 4.44. The number of hydrogen-bond acceptors (Lipinski definition) is 4. The first kappa shape index (κ1) is 14.9. The molecule has 2 heterocycles. The molecule has 0 amide bonds. The minimum atomic E-state index is -0.739. The van der Waals surface area contributed by atoms with Gasteiger partial charge in [-0.05, 0) is 24.3 Å². The molecule has 1 fully saturated rings. The summed E-state index contributed by atoms with van der Waals surface area (Å²) in [4.78, 5) is 12.8. The molecule has 0 bridgehead atoms. The van der Waals surface area contributed by atoms with Crippen LogP contribution >= 0.6 is 0 Å². The van der Waals surface area contributed by atoms with Gasteiger partial charge in [0.05, 0.1) is 13.5 Å². The maximum absolute atomic E-state index is 10.7. The summed E-state index contributed by atoms with van der Waals surface area (Å²) in [5.41, 5.74) is 0.791. The molecule has 0 aliphatic carbocycles. The van der Waals surface area contributed by atoms with Crippen LogP contribution in [0.3, 0.4) is 0 Å². The van der Waals surface area contributed by atoms with Gasteiger partial charge in [-0.1, -0.05) is 6.08 Å². The zero-order valence-corrected chi connectivity index (χ0v) is 12.7. The fourth-order valence-corrected chi connectivity index (χ4v) is 3.05. The second kappa shape index (κ2) is 6.01. The second-order valence-electron chi connectivity index (χ2n) is 5.89. The monoisotopic (exact) mass is 303 g/mol. The van der Waals surface area contributed by atoms with Crippen molar-refractivity contribution in [2.24, 2.45) is 0 Å². The van der Waals surface area contributed by atoms with Crippen molar-refractivity contribution in [2.45, 2.75) is 24.9 Å². The average molecular weight is 303 g/mol. The summed E-state index contributed by atoms with van der Waals surface area (Å²) >= 11 is 0. The fraction of sp³-hybridized carbons (Fsp3) is 0.471. The Labute approximate surface area is 130 Å². The van der Waals surface area contributed by atoms with Gasteiger partial charge in [-0.3, -0.25) is 4.79 Å². The maximum atomic E-state index is 10.7. The number of ether oxygens (including phenoxy) is 2. The molecule has 0 saturated carbocycles. The molecule has 0 radical (unpaired) electrons. The van der Waals surface area contributed by atoms with Crippen LogP contribution in [0.4, 0.5) is 0 Å². The number of carboxylic acid groups (broad SMARTS) is 1. The predicted molar refractivity (Wildman–Crippen MR) is 83.3 cm³/mol. The highest BCUT2D eigenvalue weighted by Gasteiger charge is 2.36. The van der Waals surface area contributed by atoms with Crippen LogP contribution in [0.25, 0.3) is 6.08 Å². The summed E-state index contributed by atoms with van der Waals surface area (Å²) in [5, 5.41) is 8.77. The molecule has 5 heteroatoms. The molecule has 0 atom stereocenters. The molecule has 1 aromatic carbocycles. The lowest BCUT2D eigenvalue weighted by Gasteiger charge is -2.41. The Morgan fingerprint density at radius 1 is 1.41 bits per heavy atom. The van der Waals surface area contributed by atoms with E-state index in [-0.39, 0.29) is 12.0 Å². The van der Waals surface area contributed by atoms with Crippen molar-refractivity contribution in [2.75, 3.05) is 26.7 Å². The van der Waals surface area contributed by atoms with E-state index >= 15 is 0 Å². The van der Waals surface area contributed by atoms with Crippen molar-refractivity contribution in [3.63, 3.8) is 0 Å². The Morgan fingerprint density at radius 2 is 2.18 bits per heavy atom. The molecule has 1 spiro atoms. The number of nitrogens with zero attached hydrogens (tertiary/aromatic N) is 1. The van der Waals surface area contributed by atoms with Crippen LogP contribution in [0.15, 0.2) is 24.3 Å². The van der Waals surface area contributed by atoms with Crippen molar-refractivity contribution in [1.82, 2.24) is 4.90 Å². The van der Waals surface area contributed by atoms with Crippen molar-refractivity contribution >= 4 is 12.0 Å². The van der Waals surface area contributed by atoms with E-state index in [2.05, 4.69) is 17.1 Å². The average Bonchev–Trinajstić information content (AvgIpc) is 2.54. The first-order valence-electron chi connectivity index (χ1n) is 7.61. The Morgan fingerprint density at radius 3 is 2.86 bits per heavy atom. The van der Waals surface area contributed by atoms with E-state index < -0.39 is 5.97 Å². The van der Waals surface area contributed by atoms with Crippen LogP contribution in [-0.4, -0.2) is 48.3 Å². The molecule has 5 nitrogen and oxygen atoms in total. The quantitative estimate of drug-likeness (QED) is 0.925. The van der Waals surface area contributed by atoms with Gasteiger partial charge in [0.1, 0.15) is 17.1 Å². The van der Waals surface area contributed by atoms with E-state index in [1.165, 1.54) is 0 Å². The molecule has 1 saturated heterocycles. The van der Waals surface area contributed by atoms with Crippen LogP contribution in [0, 0.1) is 0 Å². The number of rotatable bonds is 4. The third kappa shape index (κ3) is 3.09. The molecule has 1 N–H and O–H groups in total. The summed E-state index contributed by atoms with van der Waals surface area (Å²) in [6.07, 6.45) is 6.22. The van der Waals surface area contributed by atoms with Gasteiger partial charge >= 0.3 is 5.97 Å². The van der Waals surface area contributed by atoms with Gasteiger partial charge in [-0.25, -0.2) is 0 Å². The molecular formula is C17H21NO4. The summed E-state index contributed by atoms with van der Waals surface area (Å²) in [7, 11) is 1.66. The minimum Gasteiger partial charge on any atom is -0.497 e.